The molecule has 0 radical (unpaired) electrons. The molecule has 2 aromatic carbocycles. The summed E-state index contributed by atoms with van der Waals surface area (Å²) in [4.78, 5) is 14.7. The second-order valence-corrected chi connectivity index (χ2v) is 7.08. The van der Waals surface area contributed by atoms with Crippen LogP contribution in [0.3, 0.4) is 0 Å². The van der Waals surface area contributed by atoms with Crippen LogP contribution in [0.1, 0.15) is 23.6 Å². The summed E-state index contributed by atoms with van der Waals surface area (Å²) in [5, 5.41) is 12.7. The number of fused-ring (bicyclic) bond motifs is 1. The van der Waals surface area contributed by atoms with E-state index in [1.165, 1.54) is 5.56 Å². The standard InChI is InChI=1S/C22H28N2O4/c1-15(24-11-9-17-5-6-19(25)13-18(17)14-24)22(26)23-10-8-16-4-7-20(27-2)21(12-16)28-3/h4-7,12-13,15,25H,8-11,14H2,1-3H3,(H,23,26)/t15-/m1/s1. The molecule has 2 N–H and O–H groups in total. The van der Waals surface area contributed by atoms with E-state index in [4.69, 9.17) is 9.47 Å². The van der Waals surface area contributed by atoms with Crippen LogP contribution in [-0.2, 0) is 24.2 Å². The highest BCUT2D eigenvalue weighted by molar-refractivity contribution is 5.81. The van der Waals surface area contributed by atoms with Crippen molar-refractivity contribution in [1.82, 2.24) is 10.2 Å². The van der Waals surface area contributed by atoms with Gasteiger partial charge in [-0.05, 0) is 60.7 Å². The van der Waals surface area contributed by atoms with Crippen LogP contribution in [0.2, 0.25) is 0 Å². The normalized spacial score (nSPS) is 14.8. The van der Waals surface area contributed by atoms with Crippen molar-refractivity contribution in [1.29, 1.82) is 0 Å². The Bertz CT molecular complexity index is 837. The zero-order valence-corrected chi connectivity index (χ0v) is 16.7. The number of ether oxygens (including phenoxy) is 2. The van der Waals surface area contributed by atoms with Crippen molar-refractivity contribution in [2.75, 3.05) is 27.3 Å². The summed E-state index contributed by atoms with van der Waals surface area (Å²) in [6.07, 6.45) is 1.61. The Hall–Kier alpha value is -2.73. The van der Waals surface area contributed by atoms with Gasteiger partial charge >= 0.3 is 0 Å². The lowest BCUT2D eigenvalue weighted by Gasteiger charge is -2.33. The number of nitrogens with zero attached hydrogens (tertiary/aromatic N) is 1. The Labute approximate surface area is 166 Å². The molecule has 0 aromatic heterocycles. The quantitative estimate of drug-likeness (QED) is 0.768. The molecule has 0 saturated carbocycles. The lowest BCUT2D eigenvalue weighted by atomic mass is 9.98. The monoisotopic (exact) mass is 384 g/mol. The molecular formula is C22H28N2O4. The molecule has 0 spiro atoms. The fourth-order valence-corrected chi connectivity index (χ4v) is 3.58. The number of benzene rings is 2. The summed E-state index contributed by atoms with van der Waals surface area (Å²) in [5.74, 6) is 1.67. The van der Waals surface area contributed by atoms with Crippen molar-refractivity contribution in [2.24, 2.45) is 0 Å². The second kappa shape index (κ2) is 8.97. The van der Waals surface area contributed by atoms with E-state index in [9.17, 15) is 9.90 Å². The van der Waals surface area contributed by atoms with Crippen LogP contribution in [-0.4, -0.2) is 49.3 Å². The van der Waals surface area contributed by atoms with Crippen molar-refractivity contribution in [3.63, 3.8) is 0 Å². The Morgan fingerprint density at radius 2 is 1.93 bits per heavy atom. The van der Waals surface area contributed by atoms with Gasteiger partial charge in [-0.3, -0.25) is 9.69 Å². The van der Waals surface area contributed by atoms with E-state index in [2.05, 4.69) is 10.2 Å². The summed E-state index contributed by atoms with van der Waals surface area (Å²) in [7, 11) is 3.22. The minimum Gasteiger partial charge on any atom is -0.508 e. The number of hydrogen-bond donors (Lipinski definition) is 2. The highest BCUT2D eigenvalue weighted by atomic mass is 16.5. The number of methoxy groups -OCH3 is 2. The molecule has 1 aliphatic heterocycles. The van der Waals surface area contributed by atoms with E-state index in [-0.39, 0.29) is 17.7 Å². The van der Waals surface area contributed by atoms with Gasteiger partial charge in [-0.2, -0.15) is 0 Å². The molecule has 6 nitrogen and oxygen atoms in total. The average Bonchev–Trinajstić information content (AvgIpc) is 2.72. The number of rotatable bonds is 7. The molecule has 0 unspecified atom stereocenters. The van der Waals surface area contributed by atoms with E-state index >= 15 is 0 Å². The summed E-state index contributed by atoms with van der Waals surface area (Å²) >= 11 is 0. The average molecular weight is 384 g/mol. The minimum absolute atomic E-state index is 0.0177. The Kier molecular flexibility index (Phi) is 6.41. The van der Waals surface area contributed by atoms with Crippen LogP contribution >= 0.6 is 0 Å². The number of amides is 1. The van der Waals surface area contributed by atoms with Gasteiger partial charge in [0.05, 0.1) is 20.3 Å². The van der Waals surface area contributed by atoms with E-state index in [0.29, 0.717) is 24.6 Å². The molecule has 28 heavy (non-hydrogen) atoms. The molecule has 2 aromatic rings. The Morgan fingerprint density at radius 3 is 2.68 bits per heavy atom. The first-order valence-electron chi connectivity index (χ1n) is 9.55. The number of carbonyl (C=O) groups is 1. The molecular weight excluding hydrogens is 356 g/mol. The van der Waals surface area contributed by atoms with Gasteiger partial charge in [0, 0.05) is 19.6 Å². The van der Waals surface area contributed by atoms with Crippen molar-refractivity contribution >= 4 is 5.91 Å². The van der Waals surface area contributed by atoms with Gasteiger partial charge in [-0.1, -0.05) is 12.1 Å². The van der Waals surface area contributed by atoms with Crippen LogP contribution < -0.4 is 14.8 Å². The van der Waals surface area contributed by atoms with Gasteiger partial charge in [-0.15, -0.1) is 0 Å². The zero-order chi connectivity index (χ0) is 20.1. The topological polar surface area (TPSA) is 71.0 Å². The smallest absolute Gasteiger partial charge is 0.237 e. The number of phenolic OH excluding ortho intramolecular Hbond substituents is 1. The van der Waals surface area contributed by atoms with E-state index in [1.807, 2.05) is 31.2 Å². The van der Waals surface area contributed by atoms with Crippen molar-refractivity contribution in [2.45, 2.75) is 32.4 Å². The van der Waals surface area contributed by atoms with E-state index in [0.717, 1.165) is 30.5 Å². The van der Waals surface area contributed by atoms with Gasteiger partial charge in [0.2, 0.25) is 5.91 Å². The van der Waals surface area contributed by atoms with Gasteiger partial charge in [-0.25, -0.2) is 0 Å². The fourth-order valence-electron chi connectivity index (χ4n) is 3.58. The molecule has 0 saturated heterocycles. The number of phenols is 1. The molecule has 0 aliphatic carbocycles. The lowest BCUT2D eigenvalue weighted by molar-refractivity contribution is -0.126. The second-order valence-electron chi connectivity index (χ2n) is 7.08. The van der Waals surface area contributed by atoms with Gasteiger partial charge in [0.15, 0.2) is 11.5 Å². The third kappa shape index (κ3) is 4.57. The van der Waals surface area contributed by atoms with Crippen molar-refractivity contribution in [3.8, 4) is 17.2 Å². The predicted octanol–water partition coefficient (Wildman–Crippen LogP) is 2.51. The highest BCUT2D eigenvalue weighted by Gasteiger charge is 2.25. The fraction of sp³-hybridized carbons (Fsp3) is 0.409. The third-order valence-electron chi connectivity index (χ3n) is 5.32. The molecule has 1 amide bonds. The first-order chi connectivity index (χ1) is 13.5. The molecule has 6 heteroatoms. The number of nitrogens with one attached hydrogen (secondary N) is 1. The van der Waals surface area contributed by atoms with Crippen LogP contribution in [0, 0.1) is 0 Å². The largest absolute Gasteiger partial charge is 0.508 e. The maximum absolute atomic E-state index is 12.6. The van der Waals surface area contributed by atoms with Crippen LogP contribution in [0.15, 0.2) is 36.4 Å². The van der Waals surface area contributed by atoms with Crippen molar-refractivity contribution in [3.05, 3.63) is 53.1 Å². The number of hydrogen-bond acceptors (Lipinski definition) is 5. The van der Waals surface area contributed by atoms with Crippen molar-refractivity contribution < 1.29 is 19.4 Å². The third-order valence-corrected chi connectivity index (χ3v) is 5.32. The molecule has 0 bridgehead atoms. The molecule has 1 heterocycles. The van der Waals surface area contributed by atoms with Crippen LogP contribution in [0.5, 0.6) is 17.2 Å². The SMILES string of the molecule is COc1ccc(CCNC(=O)[C@@H](C)N2CCc3ccc(O)cc3C2)cc1OC. The summed E-state index contributed by atoms with van der Waals surface area (Å²) in [6.45, 7) is 4.00. The van der Waals surface area contributed by atoms with E-state index in [1.54, 1.807) is 26.4 Å². The molecule has 0 fully saturated rings. The minimum atomic E-state index is -0.221. The molecule has 3 rings (SSSR count). The van der Waals surface area contributed by atoms with E-state index < -0.39 is 0 Å². The van der Waals surface area contributed by atoms with Gasteiger partial charge in [0.25, 0.3) is 0 Å². The molecule has 1 atom stereocenters. The van der Waals surface area contributed by atoms with Crippen LogP contribution in [0.25, 0.3) is 0 Å². The Balaban J connectivity index is 1.52. The number of carbonyl (C=O) groups excluding carboxylic acids is 1. The highest BCUT2D eigenvalue weighted by Crippen LogP contribution is 2.27. The summed E-state index contributed by atoms with van der Waals surface area (Å²) in [6, 6.07) is 11.0. The van der Waals surface area contributed by atoms with Gasteiger partial charge < -0.3 is 19.9 Å². The number of aromatic hydroxyl groups is 1. The first-order valence-corrected chi connectivity index (χ1v) is 9.55. The predicted molar refractivity (Wildman–Crippen MR) is 108 cm³/mol. The Morgan fingerprint density at radius 1 is 1.14 bits per heavy atom. The summed E-state index contributed by atoms with van der Waals surface area (Å²) < 4.78 is 10.6. The van der Waals surface area contributed by atoms with Crippen LogP contribution in [0.4, 0.5) is 0 Å². The maximum atomic E-state index is 12.6. The molecule has 150 valence electrons. The maximum Gasteiger partial charge on any atom is 0.237 e. The summed E-state index contributed by atoms with van der Waals surface area (Å²) in [5.41, 5.74) is 3.42. The molecule has 1 aliphatic rings. The lowest BCUT2D eigenvalue weighted by Crippen LogP contribution is -2.47. The zero-order valence-electron chi connectivity index (χ0n) is 16.7. The first kappa shape index (κ1) is 20.0. The van der Waals surface area contributed by atoms with Gasteiger partial charge in [0.1, 0.15) is 5.75 Å².